The fourth-order valence-electron chi connectivity index (χ4n) is 16.4. The Morgan fingerprint density at radius 3 is 1.75 bits per heavy atom. The number of aliphatic hydroxyl groups is 12. The fraction of sp³-hybridized carbons (Fsp3) is 0.926. The van der Waals surface area contributed by atoms with Crippen molar-refractivity contribution in [1.29, 1.82) is 0 Å². The molecule has 77 heavy (non-hydrogen) atoms. The highest BCUT2D eigenvalue weighted by Crippen LogP contribution is 2.76. The smallest absolute Gasteiger partial charge is 0.335 e. The molecule has 8 fully saturated rings. The zero-order valence-electron chi connectivity index (χ0n) is 45.3. The number of fused-ring (bicyclic) bond motifs is 7. The Bertz CT molecular complexity index is 2180. The van der Waals surface area contributed by atoms with Crippen molar-refractivity contribution in [2.24, 2.45) is 50.2 Å². The van der Waals surface area contributed by atoms with Crippen LogP contribution in [-0.4, -0.2) is 220 Å². The minimum absolute atomic E-state index is 0.00794. The number of aliphatic carboxylic acids is 1. The van der Waals surface area contributed by atoms with Gasteiger partial charge in [-0.3, -0.25) is 4.79 Å². The van der Waals surface area contributed by atoms with Gasteiger partial charge in [-0.25, -0.2) is 4.79 Å². The first-order valence-electron chi connectivity index (χ1n) is 27.7. The lowest BCUT2D eigenvalue weighted by Crippen LogP contribution is -2.68. The van der Waals surface area contributed by atoms with Crippen LogP contribution >= 0.6 is 0 Å². The van der Waals surface area contributed by atoms with Crippen molar-refractivity contribution in [3.05, 3.63) is 11.6 Å². The normalized spacial score (nSPS) is 53.4. The lowest BCUT2D eigenvalue weighted by atomic mass is 9.33. The molecule has 23 nitrogen and oxygen atoms in total. The second kappa shape index (κ2) is 21.3. The Morgan fingerprint density at radius 2 is 1.14 bits per heavy atom. The first-order chi connectivity index (χ1) is 35.9. The van der Waals surface area contributed by atoms with Crippen LogP contribution in [0.25, 0.3) is 0 Å². The molecule has 4 saturated carbocycles. The van der Waals surface area contributed by atoms with Crippen LogP contribution in [0.3, 0.4) is 0 Å². The predicted octanol–water partition coefficient (Wildman–Crippen LogP) is -0.915. The molecule has 440 valence electrons. The van der Waals surface area contributed by atoms with Crippen LogP contribution in [0.4, 0.5) is 0 Å². The minimum atomic E-state index is -2.04. The third-order valence-electron chi connectivity index (χ3n) is 21.4. The number of rotatable bonds is 11. The summed E-state index contributed by atoms with van der Waals surface area (Å²) in [5.74, 6) is -2.20. The fourth-order valence-corrected chi connectivity index (χ4v) is 16.4. The van der Waals surface area contributed by atoms with E-state index >= 15 is 0 Å². The first-order valence-corrected chi connectivity index (χ1v) is 27.7. The molecule has 9 rings (SSSR count). The van der Waals surface area contributed by atoms with Crippen molar-refractivity contribution < 1.29 is 114 Å². The van der Waals surface area contributed by atoms with Gasteiger partial charge in [0.05, 0.1) is 30.8 Å². The number of carbonyl (C=O) groups excluding carboxylic acids is 1. The SMILES string of the molecule is C[C@@H]1O[C@@H](O[C@H]2[C@H](O)[C@@H](O[C@@H]3O[C@H](CO)[C@H](O)[C@H](O)[C@H]3O)[C@H](O[C@H]3CC[C@@]4(C)C(CC[C@]5(C)C4CC=C4[C@@H]6CC(C)(C)CC[C@]6(C(=O)O[C@@H]6O[C@H](CO)[C@@H](O)[C@H](O)[C@H]6O)CC[C@]45C)C3(C)C)O[C@@H]2C(=O)O)[C@H](O)[C@H](O)[C@H]1O. The van der Waals surface area contributed by atoms with Crippen molar-refractivity contribution in [1.82, 2.24) is 0 Å². The Kier molecular flexibility index (Phi) is 16.5. The van der Waals surface area contributed by atoms with Gasteiger partial charge in [-0.15, -0.1) is 0 Å². The molecule has 0 aromatic rings. The van der Waals surface area contributed by atoms with E-state index in [1.54, 1.807) is 0 Å². The van der Waals surface area contributed by atoms with Crippen LogP contribution in [0, 0.1) is 50.2 Å². The zero-order chi connectivity index (χ0) is 56.4. The minimum Gasteiger partial charge on any atom is -0.479 e. The number of carboxylic acid groups (broad SMARTS) is 1. The van der Waals surface area contributed by atoms with Crippen LogP contribution in [0.2, 0.25) is 0 Å². The zero-order valence-corrected chi connectivity index (χ0v) is 45.3. The van der Waals surface area contributed by atoms with Crippen LogP contribution in [0.1, 0.15) is 120 Å². The second-order valence-corrected chi connectivity index (χ2v) is 26.3. The summed E-state index contributed by atoms with van der Waals surface area (Å²) in [7, 11) is 0. The van der Waals surface area contributed by atoms with Crippen molar-refractivity contribution in [2.75, 3.05) is 13.2 Å². The molecular weight excluding hydrogens is 1020 g/mol. The monoisotopic (exact) mass is 1100 g/mol. The molecule has 4 heterocycles. The van der Waals surface area contributed by atoms with E-state index in [2.05, 4.69) is 54.5 Å². The first kappa shape index (κ1) is 59.5. The van der Waals surface area contributed by atoms with Gasteiger partial charge in [-0.1, -0.05) is 60.1 Å². The summed E-state index contributed by atoms with van der Waals surface area (Å²) in [5.41, 5.74) is -1.41. The van der Waals surface area contributed by atoms with E-state index in [0.29, 0.717) is 44.9 Å². The highest BCUT2D eigenvalue weighted by molar-refractivity contribution is 5.79. The van der Waals surface area contributed by atoms with Gasteiger partial charge >= 0.3 is 11.9 Å². The number of hydrogen-bond donors (Lipinski definition) is 13. The Hall–Kier alpha value is -2.08. The van der Waals surface area contributed by atoms with E-state index in [-0.39, 0.29) is 39.4 Å². The Balaban J connectivity index is 0.986. The van der Waals surface area contributed by atoms with Gasteiger partial charge in [0, 0.05) is 0 Å². The van der Waals surface area contributed by atoms with Crippen LogP contribution in [-0.2, 0) is 47.5 Å². The largest absolute Gasteiger partial charge is 0.479 e. The van der Waals surface area contributed by atoms with Crippen molar-refractivity contribution in [2.45, 2.75) is 249 Å². The highest BCUT2D eigenvalue weighted by Gasteiger charge is 2.70. The maximum absolute atomic E-state index is 14.8. The molecule has 0 aromatic carbocycles. The Morgan fingerprint density at radius 1 is 0.584 bits per heavy atom. The van der Waals surface area contributed by atoms with Gasteiger partial charge in [0.15, 0.2) is 25.0 Å². The maximum atomic E-state index is 14.8. The molecule has 0 radical (unpaired) electrons. The van der Waals surface area contributed by atoms with Gasteiger partial charge in [0.25, 0.3) is 0 Å². The standard InChI is InChI=1S/C54H86O23/c1-22-30(57)33(60)36(63)44(70-22)74-40-39(66)41(75-45-37(64)34(61)31(58)25(20-55)71-45)47(76-42(40)43(67)68)73-29-12-13-51(6)27(50(29,4)5)11-14-53(8)28(51)10-9-23-24-19-49(2,3)15-17-54(24,18-16-52(23,53)7)48(69)77-46-38(65)35(62)32(59)26(21-56)72-46/h9,22,24-42,44-47,55-66H,10-21H2,1-8H3,(H,67,68)/t22-,24-,25+,26+,27?,28?,29-,30-,31-,32+,33+,34-,35-,36+,37+,38+,39-,40-,41+,42-,44-,45-,46-,47+,51-,52+,53+,54-/m0/s1. The maximum Gasteiger partial charge on any atom is 0.335 e. The molecule has 2 unspecified atom stereocenters. The number of carboxylic acids is 1. The summed E-state index contributed by atoms with van der Waals surface area (Å²) in [6.07, 6.45) is -26.1. The van der Waals surface area contributed by atoms with Crippen LogP contribution < -0.4 is 0 Å². The third kappa shape index (κ3) is 9.66. The molecule has 28 atom stereocenters. The Labute approximate surface area is 448 Å². The molecule has 0 aromatic heterocycles. The van der Waals surface area contributed by atoms with E-state index in [9.17, 15) is 76.0 Å². The van der Waals surface area contributed by atoms with E-state index in [4.69, 9.17) is 37.9 Å². The van der Waals surface area contributed by atoms with Gasteiger partial charge in [0.1, 0.15) is 85.5 Å². The molecule has 5 aliphatic carbocycles. The van der Waals surface area contributed by atoms with Crippen molar-refractivity contribution in [3.8, 4) is 0 Å². The molecule has 0 amide bonds. The van der Waals surface area contributed by atoms with E-state index < -0.39 is 165 Å². The summed E-state index contributed by atoms with van der Waals surface area (Å²) in [4.78, 5) is 27.9. The van der Waals surface area contributed by atoms with Crippen molar-refractivity contribution in [3.63, 3.8) is 0 Å². The summed E-state index contributed by atoms with van der Waals surface area (Å²) in [6, 6.07) is 0. The molecule has 23 heteroatoms. The molecular formula is C54H86O23. The second-order valence-electron chi connectivity index (χ2n) is 26.3. The van der Waals surface area contributed by atoms with E-state index in [0.717, 1.165) is 19.3 Å². The molecule has 4 saturated heterocycles. The molecule has 13 N–H and O–H groups in total. The number of carbonyl (C=O) groups is 2. The molecule has 0 spiro atoms. The average Bonchev–Trinajstić information content (AvgIpc) is 3.54. The third-order valence-corrected chi connectivity index (χ3v) is 21.4. The molecule has 0 bridgehead atoms. The number of hydrogen-bond acceptors (Lipinski definition) is 22. The number of esters is 1. The predicted molar refractivity (Wildman–Crippen MR) is 262 cm³/mol. The van der Waals surface area contributed by atoms with Crippen LogP contribution in [0.15, 0.2) is 11.6 Å². The summed E-state index contributed by atoms with van der Waals surface area (Å²) >= 11 is 0. The lowest BCUT2D eigenvalue weighted by molar-refractivity contribution is -0.390. The lowest BCUT2D eigenvalue weighted by Gasteiger charge is -2.71. The van der Waals surface area contributed by atoms with Gasteiger partial charge in [-0.05, 0) is 116 Å². The highest BCUT2D eigenvalue weighted by atomic mass is 16.8. The quantitative estimate of drug-likeness (QED) is 0.0676. The molecule has 4 aliphatic heterocycles. The van der Waals surface area contributed by atoms with E-state index in [1.165, 1.54) is 12.5 Å². The summed E-state index contributed by atoms with van der Waals surface area (Å²) in [5, 5.41) is 139. The van der Waals surface area contributed by atoms with Gasteiger partial charge in [-0.2, -0.15) is 0 Å². The number of aliphatic hydroxyl groups excluding tert-OH is 12. The van der Waals surface area contributed by atoms with E-state index in [1.807, 2.05) is 0 Å². The number of allylic oxidation sites excluding steroid dienone is 2. The van der Waals surface area contributed by atoms with Gasteiger partial charge < -0.3 is 104 Å². The topological polar surface area (TPSA) is 371 Å². The van der Waals surface area contributed by atoms with Crippen LogP contribution in [0.5, 0.6) is 0 Å². The summed E-state index contributed by atoms with van der Waals surface area (Å²) < 4.78 is 48.0. The number of ether oxygens (including phenoxy) is 8. The summed E-state index contributed by atoms with van der Waals surface area (Å²) in [6.45, 7) is 15.6. The van der Waals surface area contributed by atoms with Crippen molar-refractivity contribution >= 4 is 11.9 Å². The van der Waals surface area contributed by atoms with Gasteiger partial charge in [0.2, 0.25) is 6.29 Å². The molecule has 9 aliphatic rings. The average molecular weight is 1100 g/mol.